The van der Waals surface area contributed by atoms with E-state index in [0.29, 0.717) is 13.0 Å². The van der Waals surface area contributed by atoms with Crippen LogP contribution < -0.4 is 4.74 Å². The number of ether oxygens (including phenoxy) is 2. The van der Waals surface area contributed by atoms with Crippen LogP contribution in [0.25, 0.3) is 0 Å². The molecule has 2 unspecified atom stereocenters. The standard InChI is InChI=1S/C12H13FO3/c1-2-15-12-9(14)7-11(12)16-10-6-4-3-5-8(10)13/h3-6,11-12H,2,7H2,1H3. The Bertz CT molecular complexity index is 392. The van der Waals surface area contributed by atoms with Gasteiger partial charge >= 0.3 is 0 Å². The molecule has 2 atom stereocenters. The van der Waals surface area contributed by atoms with E-state index in [1.165, 1.54) is 6.07 Å². The van der Waals surface area contributed by atoms with E-state index in [4.69, 9.17) is 9.47 Å². The number of carbonyl (C=O) groups excluding carboxylic acids is 1. The summed E-state index contributed by atoms with van der Waals surface area (Å²) in [6.07, 6.45) is -0.604. The molecule has 0 spiro atoms. The second kappa shape index (κ2) is 4.61. The molecule has 1 saturated carbocycles. The number of ketones is 1. The largest absolute Gasteiger partial charge is 0.484 e. The Balaban J connectivity index is 2.01. The molecule has 3 nitrogen and oxygen atoms in total. The summed E-state index contributed by atoms with van der Waals surface area (Å²) >= 11 is 0. The van der Waals surface area contributed by atoms with E-state index >= 15 is 0 Å². The summed E-state index contributed by atoms with van der Waals surface area (Å²) in [5.74, 6) is -0.231. The second-order valence-corrected chi connectivity index (χ2v) is 3.63. The molecule has 4 heteroatoms. The lowest BCUT2D eigenvalue weighted by molar-refractivity contribution is -0.154. The summed E-state index contributed by atoms with van der Waals surface area (Å²) in [4.78, 5) is 11.2. The molecule has 0 N–H and O–H groups in total. The molecule has 0 amide bonds. The number of Topliss-reactive ketones (excluding diaryl/α,β-unsaturated/α-hetero) is 1. The number of carbonyl (C=O) groups is 1. The van der Waals surface area contributed by atoms with Gasteiger partial charge in [0, 0.05) is 13.0 Å². The molecule has 0 aliphatic heterocycles. The molecule has 0 bridgehead atoms. The number of rotatable bonds is 4. The molecule has 1 aliphatic carbocycles. The molecular weight excluding hydrogens is 211 g/mol. The first-order chi connectivity index (χ1) is 7.72. The number of benzene rings is 1. The summed E-state index contributed by atoms with van der Waals surface area (Å²) in [6.45, 7) is 2.26. The van der Waals surface area contributed by atoms with Crippen molar-refractivity contribution < 1.29 is 18.7 Å². The Morgan fingerprint density at radius 2 is 2.19 bits per heavy atom. The Kier molecular flexibility index (Phi) is 3.19. The van der Waals surface area contributed by atoms with Crippen LogP contribution in [0.2, 0.25) is 0 Å². The molecule has 1 fully saturated rings. The van der Waals surface area contributed by atoms with Crippen LogP contribution in [0.3, 0.4) is 0 Å². The first-order valence-electron chi connectivity index (χ1n) is 5.28. The molecule has 1 aromatic carbocycles. The van der Waals surface area contributed by atoms with Crippen LogP contribution in [-0.4, -0.2) is 24.6 Å². The van der Waals surface area contributed by atoms with Crippen molar-refractivity contribution in [2.75, 3.05) is 6.61 Å². The van der Waals surface area contributed by atoms with E-state index in [-0.39, 0.29) is 17.6 Å². The third-order valence-electron chi connectivity index (χ3n) is 2.52. The highest BCUT2D eigenvalue weighted by Gasteiger charge is 2.42. The lowest BCUT2D eigenvalue weighted by Gasteiger charge is -2.34. The van der Waals surface area contributed by atoms with Crippen molar-refractivity contribution in [1.82, 2.24) is 0 Å². The third-order valence-corrected chi connectivity index (χ3v) is 2.52. The summed E-state index contributed by atoms with van der Waals surface area (Å²) in [7, 11) is 0. The molecule has 86 valence electrons. The van der Waals surface area contributed by atoms with Crippen LogP contribution in [-0.2, 0) is 9.53 Å². The van der Waals surface area contributed by atoms with E-state index in [1.807, 2.05) is 6.92 Å². The zero-order chi connectivity index (χ0) is 11.5. The highest BCUT2D eigenvalue weighted by Crippen LogP contribution is 2.27. The molecule has 0 aromatic heterocycles. The van der Waals surface area contributed by atoms with Crippen molar-refractivity contribution >= 4 is 5.78 Å². The van der Waals surface area contributed by atoms with Gasteiger partial charge in [-0.3, -0.25) is 4.79 Å². The van der Waals surface area contributed by atoms with Crippen LogP contribution in [0.15, 0.2) is 24.3 Å². The fourth-order valence-electron chi connectivity index (χ4n) is 1.66. The van der Waals surface area contributed by atoms with E-state index < -0.39 is 11.9 Å². The summed E-state index contributed by atoms with van der Waals surface area (Å²) in [5, 5.41) is 0. The van der Waals surface area contributed by atoms with Crippen LogP contribution in [0.5, 0.6) is 5.75 Å². The van der Waals surface area contributed by atoms with Crippen molar-refractivity contribution in [2.45, 2.75) is 25.6 Å². The Hall–Kier alpha value is -1.42. The van der Waals surface area contributed by atoms with Gasteiger partial charge in [-0.1, -0.05) is 12.1 Å². The summed E-state index contributed by atoms with van der Waals surface area (Å²) in [6, 6.07) is 6.15. The van der Waals surface area contributed by atoms with Gasteiger partial charge in [0.1, 0.15) is 6.10 Å². The van der Waals surface area contributed by atoms with E-state index in [9.17, 15) is 9.18 Å². The third kappa shape index (κ3) is 2.07. The topological polar surface area (TPSA) is 35.5 Å². The lowest BCUT2D eigenvalue weighted by atomic mass is 9.90. The maximum Gasteiger partial charge on any atom is 0.169 e. The molecular formula is C12H13FO3. The highest BCUT2D eigenvalue weighted by molar-refractivity contribution is 5.90. The molecule has 0 heterocycles. The zero-order valence-electron chi connectivity index (χ0n) is 8.98. The average molecular weight is 224 g/mol. The minimum Gasteiger partial charge on any atom is -0.484 e. The quantitative estimate of drug-likeness (QED) is 0.784. The normalized spacial score (nSPS) is 24.0. The number of halogens is 1. The first-order valence-corrected chi connectivity index (χ1v) is 5.28. The SMILES string of the molecule is CCOC1C(=O)CC1Oc1ccccc1F. The van der Waals surface area contributed by atoms with Crippen LogP contribution in [0.4, 0.5) is 4.39 Å². The maximum atomic E-state index is 13.3. The van der Waals surface area contributed by atoms with Crippen molar-refractivity contribution in [3.63, 3.8) is 0 Å². The monoisotopic (exact) mass is 224 g/mol. The molecule has 0 saturated heterocycles. The van der Waals surface area contributed by atoms with E-state index in [1.54, 1.807) is 18.2 Å². The van der Waals surface area contributed by atoms with Crippen molar-refractivity contribution in [3.8, 4) is 5.75 Å². The second-order valence-electron chi connectivity index (χ2n) is 3.63. The molecule has 1 aromatic rings. The van der Waals surface area contributed by atoms with Crippen molar-refractivity contribution in [3.05, 3.63) is 30.1 Å². The number of para-hydroxylation sites is 1. The van der Waals surface area contributed by atoms with Crippen molar-refractivity contribution in [1.29, 1.82) is 0 Å². The molecule has 1 aliphatic rings. The Morgan fingerprint density at radius 3 is 2.81 bits per heavy atom. The molecule has 2 rings (SSSR count). The Labute approximate surface area is 93.2 Å². The minimum absolute atomic E-state index is 0.0168. The maximum absolute atomic E-state index is 13.3. The Morgan fingerprint density at radius 1 is 1.44 bits per heavy atom. The van der Waals surface area contributed by atoms with Gasteiger partial charge in [-0.05, 0) is 19.1 Å². The van der Waals surface area contributed by atoms with Gasteiger partial charge in [-0.25, -0.2) is 4.39 Å². The number of hydrogen-bond acceptors (Lipinski definition) is 3. The molecule has 0 radical (unpaired) electrons. The van der Waals surface area contributed by atoms with Gasteiger partial charge < -0.3 is 9.47 Å². The fourth-order valence-corrected chi connectivity index (χ4v) is 1.66. The van der Waals surface area contributed by atoms with Gasteiger partial charge in [0.15, 0.2) is 23.5 Å². The van der Waals surface area contributed by atoms with E-state index in [0.717, 1.165) is 0 Å². The first kappa shape index (κ1) is 11.1. The predicted molar refractivity (Wildman–Crippen MR) is 55.9 cm³/mol. The fraction of sp³-hybridized carbons (Fsp3) is 0.417. The van der Waals surface area contributed by atoms with Gasteiger partial charge in [0.05, 0.1) is 0 Å². The minimum atomic E-state index is -0.537. The predicted octanol–water partition coefficient (Wildman–Crippen LogP) is 1.95. The van der Waals surface area contributed by atoms with Gasteiger partial charge in [0.25, 0.3) is 0 Å². The smallest absolute Gasteiger partial charge is 0.169 e. The lowest BCUT2D eigenvalue weighted by Crippen LogP contribution is -2.52. The van der Waals surface area contributed by atoms with Crippen LogP contribution in [0.1, 0.15) is 13.3 Å². The van der Waals surface area contributed by atoms with Gasteiger partial charge in [-0.15, -0.1) is 0 Å². The highest BCUT2D eigenvalue weighted by atomic mass is 19.1. The van der Waals surface area contributed by atoms with Crippen LogP contribution >= 0.6 is 0 Å². The van der Waals surface area contributed by atoms with E-state index in [2.05, 4.69) is 0 Å². The van der Waals surface area contributed by atoms with Gasteiger partial charge in [-0.2, -0.15) is 0 Å². The van der Waals surface area contributed by atoms with Crippen molar-refractivity contribution in [2.24, 2.45) is 0 Å². The number of hydrogen-bond donors (Lipinski definition) is 0. The summed E-state index contributed by atoms with van der Waals surface area (Å²) in [5.41, 5.74) is 0. The zero-order valence-corrected chi connectivity index (χ0v) is 8.98. The summed E-state index contributed by atoms with van der Waals surface area (Å²) < 4.78 is 23.9. The van der Waals surface area contributed by atoms with Crippen LogP contribution in [0, 0.1) is 5.82 Å². The molecule has 16 heavy (non-hydrogen) atoms. The van der Waals surface area contributed by atoms with Gasteiger partial charge in [0.2, 0.25) is 0 Å². The average Bonchev–Trinajstić information content (AvgIpc) is 2.28.